The van der Waals surface area contributed by atoms with Crippen molar-refractivity contribution in [1.82, 2.24) is 0 Å². The lowest BCUT2D eigenvalue weighted by Gasteiger charge is -2.10. The van der Waals surface area contributed by atoms with Crippen LogP contribution in [0.2, 0.25) is 0 Å². The number of aliphatic hydroxyl groups excluding tert-OH is 1. The first-order valence-electron chi connectivity index (χ1n) is 5.13. The monoisotopic (exact) mass is 296 g/mol. The largest absolute Gasteiger partial charge is 0.388 e. The molecule has 0 fully saturated rings. The standard InChI is InChI=1S/C13H13BrOS/c1-9-2-4-10(5-3-9)12(15)8-13-11(14)6-7-16-13/h2-7,12,15H,8H2,1H3. The average Bonchev–Trinajstić information content (AvgIpc) is 2.65. The zero-order valence-electron chi connectivity index (χ0n) is 8.98. The zero-order chi connectivity index (χ0) is 11.5. The van der Waals surface area contributed by atoms with E-state index in [0.717, 1.165) is 10.0 Å². The highest BCUT2D eigenvalue weighted by atomic mass is 79.9. The molecule has 1 atom stereocenters. The highest BCUT2D eigenvalue weighted by Crippen LogP contribution is 2.28. The molecule has 0 aliphatic carbocycles. The van der Waals surface area contributed by atoms with Crippen LogP contribution < -0.4 is 0 Å². The van der Waals surface area contributed by atoms with Gasteiger partial charge in [-0.1, -0.05) is 29.8 Å². The van der Waals surface area contributed by atoms with Gasteiger partial charge >= 0.3 is 0 Å². The van der Waals surface area contributed by atoms with Crippen LogP contribution in [0, 0.1) is 6.92 Å². The predicted octanol–water partition coefficient (Wildman–Crippen LogP) is 4.10. The van der Waals surface area contributed by atoms with E-state index in [1.54, 1.807) is 11.3 Å². The first-order valence-corrected chi connectivity index (χ1v) is 6.80. The molecule has 1 nitrogen and oxygen atoms in total. The Morgan fingerprint density at radius 3 is 2.50 bits per heavy atom. The average molecular weight is 297 g/mol. The number of halogens is 1. The van der Waals surface area contributed by atoms with Crippen LogP contribution >= 0.6 is 27.3 Å². The molecule has 1 N–H and O–H groups in total. The van der Waals surface area contributed by atoms with Gasteiger partial charge in [-0.2, -0.15) is 0 Å². The van der Waals surface area contributed by atoms with Gasteiger partial charge in [0.1, 0.15) is 0 Å². The molecule has 1 aromatic carbocycles. The first-order chi connectivity index (χ1) is 7.66. The third kappa shape index (κ3) is 2.73. The Bertz CT molecular complexity index is 461. The zero-order valence-corrected chi connectivity index (χ0v) is 11.4. The molecule has 0 saturated heterocycles. The number of rotatable bonds is 3. The molecule has 0 aliphatic rings. The highest BCUT2D eigenvalue weighted by Gasteiger charge is 2.11. The van der Waals surface area contributed by atoms with Crippen LogP contribution in [0.5, 0.6) is 0 Å². The SMILES string of the molecule is Cc1ccc(C(O)Cc2sccc2Br)cc1. The van der Waals surface area contributed by atoms with Crippen LogP contribution in [0.4, 0.5) is 0 Å². The Morgan fingerprint density at radius 2 is 1.94 bits per heavy atom. The summed E-state index contributed by atoms with van der Waals surface area (Å²) in [5, 5.41) is 12.1. The van der Waals surface area contributed by atoms with Crippen molar-refractivity contribution in [3.63, 3.8) is 0 Å². The van der Waals surface area contributed by atoms with Gasteiger partial charge in [-0.05, 0) is 39.9 Å². The molecular weight excluding hydrogens is 284 g/mol. The van der Waals surface area contributed by atoms with Gasteiger partial charge < -0.3 is 5.11 Å². The lowest BCUT2D eigenvalue weighted by Crippen LogP contribution is -2.00. The summed E-state index contributed by atoms with van der Waals surface area (Å²) in [4.78, 5) is 1.19. The number of hydrogen-bond donors (Lipinski definition) is 1. The van der Waals surface area contributed by atoms with Crippen molar-refractivity contribution < 1.29 is 5.11 Å². The summed E-state index contributed by atoms with van der Waals surface area (Å²) < 4.78 is 1.09. The Balaban J connectivity index is 2.11. The Hall–Kier alpha value is -0.640. The summed E-state index contributed by atoms with van der Waals surface area (Å²) >= 11 is 5.15. The second kappa shape index (κ2) is 5.13. The maximum atomic E-state index is 10.1. The molecule has 84 valence electrons. The fourth-order valence-corrected chi connectivity index (χ4v) is 3.11. The minimum atomic E-state index is -0.421. The summed E-state index contributed by atoms with van der Waals surface area (Å²) in [7, 11) is 0. The summed E-state index contributed by atoms with van der Waals surface area (Å²) in [6.45, 7) is 2.05. The summed E-state index contributed by atoms with van der Waals surface area (Å²) in [5.41, 5.74) is 2.19. The molecule has 1 unspecified atom stereocenters. The Kier molecular flexibility index (Phi) is 3.79. The minimum absolute atomic E-state index is 0.421. The van der Waals surface area contributed by atoms with Crippen LogP contribution in [0.25, 0.3) is 0 Å². The van der Waals surface area contributed by atoms with Gasteiger partial charge in [-0.15, -0.1) is 11.3 Å². The van der Waals surface area contributed by atoms with Crippen LogP contribution in [-0.2, 0) is 6.42 Å². The van der Waals surface area contributed by atoms with Crippen molar-refractivity contribution in [2.24, 2.45) is 0 Å². The maximum absolute atomic E-state index is 10.1. The lowest BCUT2D eigenvalue weighted by molar-refractivity contribution is 0.179. The first kappa shape index (κ1) is 11.8. The van der Waals surface area contributed by atoms with Crippen molar-refractivity contribution in [1.29, 1.82) is 0 Å². The van der Waals surface area contributed by atoms with Gasteiger partial charge in [-0.25, -0.2) is 0 Å². The van der Waals surface area contributed by atoms with E-state index in [-0.39, 0.29) is 0 Å². The van der Waals surface area contributed by atoms with Crippen molar-refractivity contribution in [3.05, 3.63) is 56.2 Å². The Labute approximate surface area is 108 Å². The molecule has 2 rings (SSSR count). The highest BCUT2D eigenvalue weighted by molar-refractivity contribution is 9.10. The fourth-order valence-electron chi connectivity index (χ4n) is 1.55. The molecule has 0 bridgehead atoms. The minimum Gasteiger partial charge on any atom is -0.388 e. The molecule has 2 aromatic rings. The number of hydrogen-bond acceptors (Lipinski definition) is 2. The summed E-state index contributed by atoms with van der Waals surface area (Å²) in [6, 6.07) is 10.1. The molecule has 0 saturated carbocycles. The fraction of sp³-hybridized carbons (Fsp3) is 0.231. The topological polar surface area (TPSA) is 20.2 Å². The molecule has 1 aromatic heterocycles. The lowest BCUT2D eigenvalue weighted by atomic mass is 10.0. The second-order valence-electron chi connectivity index (χ2n) is 3.82. The van der Waals surface area contributed by atoms with Gasteiger partial charge in [0.15, 0.2) is 0 Å². The van der Waals surface area contributed by atoms with Gasteiger partial charge in [0.2, 0.25) is 0 Å². The second-order valence-corrected chi connectivity index (χ2v) is 5.68. The van der Waals surface area contributed by atoms with Crippen molar-refractivity contribution in [3.8, 4) is 0 Å². The van der Waals surface area contributed by atoms with Crippen molar-refractivity contribution in [2.75, 3.05) is 0 Å². The normalized spacial score (nSPS) is 12.7. The number of aryl methyl sites for hydroxylation is 1. The van der Waals surface area contributed by atoms with E-state index in [0.29, 0.717) is 6.42 Å². The van der Waals surface area contributed by atoms with E-state index in [1.807, 2.05) is 42.6 Å². The Morgan fingerprint density at radius 1 is 1.25 bits per heavy atom. The summed E-state index contributed by atoms with van der Waals surface area (Å²) in [6.07, 6.45) is 0.247. The van der Waals surface area contributed by atoms with Gasteiger partial charge in [-0.3, -0.25) is 0 Å². The molecular formula is C13H13BrOS. The van der Waals surface area contributed by atoms with E-state index >= 15 is 0 Å². The molecule has 0 spiro atoms. The van der Waals surface area contributed by atoms with E-state index in [1.165, 1.54) is 10.4 Å². The smallest absolute Gasteiger partial charge is 0.0838 e. The van der Waals surface area contributed by atoms with Crippen LogP contribution in [0.1, 0.15) is 22.1 Å². The van der Waals surface area contributed by atoms with E-state index in [9.17, 15) is 5.11 Å². The molecule has 1 heterocycles. The van der Waals surface area contributed by atoms with E-state index < -0.39 is 6.10 Å². The maximum Gasteiger partial charge on any atom is 0.0838 e. The molecule has 3 heteroatoms. The van der Waals surface area contributed by atoms with Gasteiger partial charge in [0.05, 0.1) is 6.10 Å². The molecule has 0 aliphatic heterocycles. The van der Waals surface area contributed by atoms with Crippen molar-refractivity contribution in [2.45, 2.75) is 19.4 Å². The molecule has 16 heavy (non-hydrogen) atoms. The number of benzene rings is 1. The number of thiophene rings is 1. The van der Waals surface area contributed by atoms with Gasteiger partial charge in [0.25, 0.3) is 0 Å². The van der Waals surface area contributed by atoms with Crippen LogP contribution in [0.3, 0.4) is 0 Å². The molecule has 0 amide bonds. The quantitative estimate of drug-likeness (QED) is 0.904. The van der Waals surface area contributed by atoms with Crippen LogP contribution in [-0.4, -0.2) is 5.11 Å². The van der Waals surface area contributed by atoms with E-state index in [4.69, 9.17) is 0 Å². The third-order valence-corrected chi connectivity index (χ3v) is 4.48. The van der Waals surface area contributed by atoms with Crippen molar-refractivity contribution >= 4 is 27.3 Å². The predicted molar refractivity (Wildman–Crippen MR) is 71.9 cm³/mol. The summed E-state index contributed by atoms with van der Waals surface area (Å²) in [5.74, 6) is 0. The van der Waals surface area contributed by atoms with Gasteiger partial charge in [0, 0.05) is 15.8 Å². The third-order valence-electron chi connectivity index (χ3n) is 2.53. The molecule has 0 radical (unpaired) electrons. The number of aliphatic hydroxyl groups is 1. The van der Waals surface area contributed by atoms with Crippen LogP contribution in [0.15, 0.2) is 40.2 Å². The van der Waals surface area contributed by atoms with E-state index in [2.05, 4.69) is 15.9 Å².